The lowest BCUT2D eigenvalue weighted by molar-refractivity contribution is -0.121. The van der Waals surface area contributed by atoms with Crippen molar-refractivity contribution in [1.82, 2.24) is 10.6 Å². The van der Waals surface area contributed by atoms with Crippen LogP contribution in [0.15, 0.2) is 73.3 Å². The molecule has 2 aromatic carbocycles. The Balaban J connectivity index is -0.000000264. The minimum atomic E-state index is 0.0965. The van der Waals surface area contributed by atoms with Gasteiger partial charge in [-0.1, -0.05) is 103 Å². The fraction of sp³-hybridized carbons (Fsp3) is 0.457. The van der Waals surface area contributed by atoms with Gasteiger partial charge in [-0.3, -0.25) is 14.4 Å². The molecule has 0 aliphatic rings. The number of hydrogen-bond donors (Lipinski definition) is 4. The molecule has 2 aromatic rings. The lowest BCUT2D eigenvalue weighted by Crippen LogP contribution is -2.42. The topological polar surface area (TPSA) is 127 Å². The van der Waals surface area contributed by atoms with Gasteiger partial charge in [0.05, 0.1) is 0 Å². The second-order valence-electron chi connectivity index (χ2n) is 9.45. The van der Waals surface area contributed by atoms with Crippen LogP contribution in [0.25, 0.3) is 0 Å². The van der Waals surface area contributed by atoms with E-state index in [-0.39, 0.29) is 18.4 Å². The number of nitrogens with two attached hydrogens (primary N) is 2. The van der Waals surface area contributed by atoms with Gasteiger partial charge < -0.3 is 22.1 Å². The maximum Gasteiger partial charge on any atom is 0.220 e. The summed E-state index contributed by atoms with van der Waals surface area (Å²) in [6.45, 7) is 24.3. The molecule has 0 saturated carbocycles. The van der Waals surface area contributed by atoms with Crippen molar-refractivity contribution >= 4 is 24.3 Å². The Labute approximate surface area is 257 Å². The summed E-state index contributed by atoms with van der Waals surface area (Å²) in [7, 11) is 1.90. The molecule has 0 radical (unpaired) electrons. The van der Waals surface area contributed by atoms with Crippen molar-refractivity contribution in [3.63, 3.8) is 0 Å². The zero-order valence-electron chi connectivity index (χ0n) is 27.8. The number of nitrogens with one attached hydrogen (secondary N) is 2. The average molecular weight is 585 g/mol. The van der Waals surface area contributed by atoms with Crippen LogP contribution in [0.4, 0.5) is 5.69 Å². The summed E-state index contributed by atoms with van der Waals surface area (Å²) in [4.78, 5) is 29.5. The highest BCUT2D eigenvalue weighted by molar-refractivity contribution is 5.76. The molecule has 7 nitrogen and oxygen atoms in total. The molecule has 2 rings (SSSR count). The number of hydrogen-bond acceptors (Lipinski definition) is 5. The predicted octanol–water partition coefficient (Wildman–Crippen LogP) is 6.91. The lowest BCUT2D eigenvalue weighted by Gasteiger charge is -2.18. The monoisotopic (exact) mass is 584 g/mol. The number of benzene rings is 2. The van der Waals surface area contributed by atoms with E-state index >= 15 is 0 Å². The molecule has 7 heteroatoms. The average Bonchev–Trinajstić information content (AvgIpc) is 2.96. The SMILES string of the molecule is C=C(C)CCC(=O)NC(CNC)Cc1ccccc1.C=CC=O.CC.CCC.Cc1cc(C(C)C)ccc1N.NC=O. The first-order chi connectivity index (χ1) is 20.0. The van der Waals surface area contributed by atoms with E-state index in [0.717, 1.165) is 30.6 Å². The number of aryl methyl sites for hydroxylation is 1. The zero-order valence-corrected chi connectivity index (χ0v) is 27.8. The van der Waals surface area contributed by atoms with Crippen molar-refractivity contribution in [2.45, 2.75) is 93.0 Å². The number of rotatable bonds is 10. The van der Waals surface area contributed by atoms with Crippen LogP contribution >= 0.6 is 0 Å². The standard InChI is InChI=1S/C16H24N2O.C10H15N.C3H4O.C3H8.C2H6.CH3NO/c1-13(2)9-10-16(19)18-15(12-17-3)11-14-7-5-4-6-8-14;1-7(2)9-4-5-10(11)8(3)6-9;1-2-3-4;1-3-2;1-2;2-1-3/h4-8,15,17H,1,9-12H2,2-3H3,(H,18,19);4-7H,11H2,1-3H3;2-3H,1H2;3H2,1-2H3;1-2H3;1H,(H2,2,3). The van der Waals surface area contributed by atoms with Gasteiger partial charge in [0.1, 0.15) is 6.29 Å². The van der Waals surface area contributed by atoms with Crippen LogP contribution < -0.4 is 22.1 Å². The fourth-order valence-electron chi connectivity index (χ4n) is 3.00. The van der Waals surface area contributed by atoms with E-state index in [1.54, 1.807) is 0 Å². The molecule has 0 spiro atoms. The molecule has 238 valence electrons. The van der Waals surface area contributed by atoms with E-state index in [1.807, 2.05) is 59.0 Å². The molecule has 6 N–H and O–H groups in total. The van der Waals surface area contributed by atoms with Crippen LogP contribution in [0.5, 0.6) is 0 Å². The molecule has 1 atom stereocenters. The first-order valence-electron chi connectivity index (χ1n) is 14.7. The van der Waals surface area contributed by atoms with Crippen LogP contribution in [0, 0.1) is 6.92 Å². The second-order valence-corrected chi connectivity index (χ2v) is 9.45. The lowest BCUT2D eigenvalue weighted by atomic mass is 10.0. The zero-order chi connectivity index (χ0) is 33.3. The molecule has 2 amide bonds. The Kier molecular flexibility index (Phi) is 36.1. The van der Waals surface area contributed by atoms with Crippen molar-refractivity contribution in [2.24, 2.45) is 5.73 Å². The summed E-state index contributed by atoms with van der Waals surface area (Å²) in [5.41, 5.74) is 15.6. The molecule has 0 fully saturated rings. The van der Waals surface area contributed by atoms with E-state index in [0.29, 0.717) is 18.6 Å². The molecule has 0 aromatic heterocycles. The number of amides is 2. The van der Waals surface area contributed by atoms with Crippen molar-refractivity contribution < 1.29 is 14.4 Å². The van der Waals surface area contributed by atoms with E-state index in [2.05, 4.69) is 81.5 Å². The summed E-state index contributed by atoms with van der Waals surface area (Å²) >= 11 is 0. The maximum absolute atomic E-state index is 11.8. The summed E-state index contributed by atoms with van der Waals surface area (Å²) in [6.07, 6.45) is 5.45. The number of nitrogen functional groups attached to an aromatic ring is 1. The normalized spacial score (nSPS) is 9.48. The van der Waals surface area contributed by atoms with Gasteiger partial charge in [0, 0.05) is 24.7 Å². The Morgan fingerprint density at radius 2 is 1.52 bits per heavy atom. The van der Waals surface area contributed by atoms with Crippen molar-refractivity contribution in [3.8, 4) is 0 Å². The highest BCUT2D eigenvalue weighted by Gasteiger charge is 2.12. The Morgan fingerprint density at radius 1 is 1.02 bits per heavy atom. The van der Waals surface area contributed by atoms with E-state index in [9.17, 15) is 4.79 Å². The summed E-state index contributed by atoms with van der Waals surface area (Å²) in [5, 5.41) is 6.21. The van der Waals surface area contributed by atoms with Crippen molar-refractivity contribution in [1.29, 1.82) is 0 Å². The molecular weight excluding hydrogens is 524 g/mol. The highest BCUT2D eigenvalue weighted by Crippen LogP contribution is 2.19. The van der Waals surface area contributed by atoms with Crippen molar-refractivity contribution in [2.75, 3.05) is 19.3 Å². The first kappa shape index (κ1) is 45.3. The summed E-state index contributed by atoms with van der Waals surface area (Å²) < 4.78 is 0. The Hall–Kier alpha value is -3.71. The smallest absolute Gasteiger partial charge is 0.220 e. The van der Waals surface area contributed by atoms with Gasteiger partial charge >= 0.3 is 0 Å². The van der Waals surface area contributed by atoms with E-state index in [4.69, 9.17) is 15.3 Å². The number of likely N-dealkylation sites (N-methyl/N-ethyl adjacent to an activating group) is 1. The molecule has 0 saturated heterocycles. The predicted molar refractivity (Wildman–Crippen MR) is 184 cm³/mol. The maximum atomic E-state index is 11.8. The van der Waals surface area contributed by atoms with Gasteiger partial charge in [0.15, 0.2) is 0 Å². The van der Waals surface area contributed by atoms with Crippen molar-refractivity contribution in [3.05, 3.63) is 90.0 Å². The van der Waals surface area contributed by atoms with E-state index in [1.165, 1.54) is 29.2 Å². The van der Waals surface area contributed by atoms with Crippen LogP contribution in [-0.2, 0) is 20.8 Å². The van der Waals surface area contributed by atoms with Crippen LogP contribution in [0.3, 0.4) is 0 Å². The number of aldehydes is 1. The van der Waals surface area contributed by atoms with Gasteiger partial charge in [-0.05, 0) is 68.5 Å². The molecule has 0 aliphatic heterocycles. The number of anilines is 1. The largest absolute Gasteiger partial charge is 0.399 e. The van der Waals surface area contributed by atoms with Crippen LogP contribution in [0.1, 0.15) is 90.3 Å². The molecule has 0 aliphatic carbocycles. The fourth-order valence-corrected chi connectivity index (χ4v) is 3.00. The van der Waals surface area contributed by atoms with Crippen LogP contribution in [-0.4, -0.2) is 38.2 Å². The van der Waals surface area contributed by atoms with Crippen LogP contribution in [0.2, 0.25) is 0 Å². The number of allylic oxidation sites excluding steroid dienone is 2. The number of primary amides is 1. The van der Waals surface area contributed by atoms with Gasteiger partial charge in [-0.15, -0.1) is 6.58 Å². The third kappa shape index (κ3) is 30.8. The molecule has 1 unspecified atom stereocenters. The number of carbonyl (C=O) groups is 3. The van der Waals surface area contributed by atoms with Gasteiger partial charge in [-0.2, -0.15) is 0 Å². The van der Waals surface area contributed by atoms with Gasteiger partial charge in [0.2, 0.25) is 12.3 Å². The minimum absolute atomic E-state index is 0.0965. The second kappa shape index (κ2) is 33.5. The summed E-state index contributed by atoms with van der Waals surface area (Å²) in [6, 6.07) is 16.6. The van der Waals surface area contributed by atoms with Gasteiger partial charge in [-0.25, -0.2) is 0 Å². The molecular formula is C35H60N4O3. The van der Waals surface area contributed by atoms with Gasteiger partial charge in [0.25, 0.3) is 0 Å². The third-order valence-electron chi connectivity index (χ3n) is 4.98. The third-order valence-corrected chi connectivity index (χ3v) is 4.98. The highest BCUT2D eigenvalue weighted by atomic mass is 16.1. The first-order valence-corrected chi connectivity index (χ1v) is 14.7. The Morgan fingerprint density at radius 3 is 1.90 bits per heavy atom. The van der Waals surface area contributed by atoms with E-state index < -0.39 is 0 Å². The minimum Gasteiger partial charge on any atom is -0.399 e. The molecule has 42 heavy (non-hydrogen) atoms. The molecule has 0 heterocycles. The molecule has 0 bridgehead atoms. The Bertz CT molecular complexity index is 939. The number of carbonyl (C=O) groups excluding carboxylic acids is 3. The summed E-state index contributed by atoms with van der Waals surface area (Å²) in [5.74, 6) is 0.688. The quantitative estimate of drug-likeness (QED) is 0.104.